The second-order valence-corrected chi connectivity index (χ2v) is 8.29. The number of phenols is 1. The summed E-state index contributed by atoms with van der Waals surface area (Å²) in [5.41, 5.74) is 0.940. The summed E-state index contributed by atoms with van der Waals surface area (Å²) in [7, 11) is 0. The van der Waals surface area contributed by atoms with Crippen molar-refractivity contribution in [3.05, 3.63) is 58.0 Å². The quantitative estimate of drug-likeness (QED) is 0.570. The number of fused-ring (bicyclic) bond motifs is 1. The highest BCUT2D eigenvalue weighted by Gasteiger charge is 2.30. The van der Waals surface area contributed by atoms with Gasteiger partial charge < -0.3 is 9.84 Å². The van der Waals surface area contributed by atoms with E-state index < -0.39 is 23.1 Å². The molecule has 1 N–H and O–H groups in total. The molecule has 0 aliphatic heterocycles. The Labute approximate surface area is 172 Å². The lowest BCUT2D eigenvalue weighted by Gasteiger charge is -2.22. The van der Waals surface area contributed by atoms with Gasteiger partial charge in [0.15, 0.2) is 5.75 Å². The van der Waals surface area contributed by atoms with Gasteiger partial charge in [-0.25, -0.2) is 4.39 Å². The molecule has 0 radical (unpaired) electrons. The van der Waals surface area contributed by atoms with Gasteiger partial charge in [0.05, 0.1) is 21.6 Å². The van der Waals surface area contributed by atoms with Crippen molar-refractivity contribution in [1.29, 1.82) is 0 Å². The minimum Gasteiger partial charge on any atom is -0.508 e. The molecule has 0 saturated carbocycles. The summed E-state index contributed by atoms with van der Waals surface area (Å²) < 4.78 is 20.7. The number of carbonyl (C=O) groups excluding carboxylic acids is 2. The zero-order valence-corrected chi connectivity index (χ0v) is 17.5. The van der Waals surface area contributed by atoms with Crippen LogP contribution < -0.4 is 4.74 Å². The van der Waals surface area contributed by atoms with Gasteiger partial charge in [-0.1, -0.05) is 32.4 Å². The van der Waals surface area contributed by atoms with Crippen LogP contribution in [0.25, 0.3) is 10.9 Å². The number of esters is 1. The lowest BCUT2D eigenvalue weighted by Crippen LogP contribution is -2.15. The lowest BCUT2D eigenvalue weighted by molar-refractivity contribution is -0.131. The van der Waals surface area contributed by atoms with Gasteiger partial charge in [0, 0.05) is 18.1 Å². The van der Waals surface area contributed by atoms with Crippen LogP contribution >= 0.6 is 11.6 Å². The number of rotatable bonds is 2. The molecule has 152 valence electrons. The van der Waals surface area contributed by atoms with Gasteiger partial charge in [0.1, 0.15) is 11.6 Å². The molecule has 5 nitrogen and oxygen atoms in total. The molecule has 0 aliphatic rings. The van der Waals surface area contributed by atoms with Crippen LogP contribution in [0, 0.1) is 12.7 Å². The third-order valence-corrected chi connectivity index (χ3v) is 4.97. The van der Waals surface area contributed by atoms with Crippen LogP contribution in [0.2, 0.25) is 5.02 Å². The third-order valence-electron chi connectivity index (χ3n) is 4.66. The molecule has 0 fully saturated rings. The van der Waals surface area contributed by atoms with Crippen LogP contribution in [-0.4, -0.2) is 21.6 Å². The van der Waals surface area contributed by atoms with Crippen molar-refractivity contribution in [3.63, 3.8) is 0 Å². The SMILES string of the molecule is CC(=O)Oc1c(C)n(C(=O)c2ccc(Cl)c(F)c2)c2ccc(O)c(C(C)(C)C)c12. The normalized spacial score (nSPS) is 11.7. The fraction of sp³-hybridized carbons (Fsp3) is 0.273. The molecular formula is C22H21ClFNO4. The highest BCUT2D eigenvalue weighted by molar-refractivity contribution is 6.30. The van der Waals surface area contributed by atoms with Gasteiger partial charge in [-0.05, 0) is 42.7 Å². The summed E-state index contributed by atoms with van der Waals surface area (Å²) in [6.45, 7) is 8.61. The zero-order chi connectivity index (χ0) is 21.7. The Balaban J connectivity index is 2.39. The van der Waals surface area contributed by atoms with Gasteiger partial charge in [-0.15, -0.1) is 0 Å². The first-order valence-corrected chi connectivity index (χ1v) is 9.37. The largest absolute Gasteiger partial charge is 0.508 e. The van der Waals surface area contributed by atoms with E-state index in [0.717, 1.165) is 6.07 Å². The minimum atomic E-state index is -0.708. The third kappa shape index (κ3) is 3.60. The first-order chi connectivity index (χ1) is 13.4. The van der Waals surface area contributed by atoms with Crippen molar-refractivity contribution in [2.75, 3.05) is 0 Å². The van der Waals surface area contributed by atoms with Crippen LogP contribution in [0.5, 0.6) is 11.5 Å². The van der Waals surface area contributed by atoms with E-state index in [4.69, 9.17) is 16.3 Å². The van der Waals surface area contributed by atoms with Crippen molar-refractivity contribution in [1.82, 2.24) is 4.57 Å². The molecule has 3 aromatic rings. The van der Waals surface area contributed by atoms with Gasteiger partial charge in [-0.3, -0.25) is 14.2 Å². The first kappa shape index (κ1) is 20.9. The maximum Gasteiger partial charge on any atom is 0.308 e. The average Bonchev–Trinajstić information content (AvgIpc) is 2.87. The number of nitrogens with zero attached hydrogens (tertiary/aromatic N) is 1. The van der Waals surface area contributed by atoms with E-state index in [1.807, 2.05) is 20.8 Å². The number of hydrogen-bond acceptors (Lipinski definition) is 4. The predicted octanol–water partition coefficient (Wildman–Crippen LogP) is 5.36. The molecule has 2 aromatic carbocycles. The summed E-state index contributed by atoms with van der Waals surface area (Å²) >= 11 is 5.73. The van der Waals surface area contributed by atoms with Crippen molar-refractivity contribution in [2.24, 2.45) is 0 Å². The monoisotopic (exact) mass is 417 g/mol. The molecule has 0 bridgehead atoms. The Morgan fingerprint density at radius 1 is 1.17 bits per heavy atom. The summed E-state index contributed by atoms with van der Waals surface area (Å²) in [5.74, 6) is -1.55. The van der Waals surface area contributed by atoms with E-state index in [2.05, 4.69) is 0 Å². The molecule has 0 amide bonds. The molecule has 1 aromatic heterocycles. The highest BCUT2D eigenvalue weighted by Crippen LogP contribution is 2.44. The first-order valence-electron chi connectivity index (χ1n) is 8.99. The Bertz CT molecular complexity index is 1160. The number of ether oxygens (including phenoxy) is 1. The van der Waals surface area contributed by atoms with E-state index in [0.29, 0.717) is 22.2 Å². The number of phenolic OH excluding ortho intramolecular Hbond substituents is 1. The highest BCUT2D eigenvalue weighted by atomic mass is 35.5. The van der Waals surface area contributed by atoms with Crippen LogP contribution in [0.15, 0.2) is 30.3 Å². The minimum absolute atomic E-state index is 0.0283. The van der Waals surface area contributed by atoms with E-state index in [1.54, 1.807) is 13.0 Å². The topological polar surface area (TPSA) is 68.5 Å². The van der Waals surface area contributed by atoms with Crippen LogP contribution in [0.4, 0.5) is 4.39 Å². The Morgan fingerprint density at radius 2 is 1.83 bits per heavy atom. The zero-order valence-electron chi connectivity index (χ0n) is 16.8. The predicted molar refractivity (Wildman–Crippen MR) is 109 cm³/mol. The maximum absolute atomic E-state index is 13.9. The number of hydrogen-bond donors (Lipinski definition) is 1. The molecule has 0 atom stereocenters. The molecule has 0 aliphatic carbocycles. The average molecular weight is 418 g/mol. The second-order valence-electron chi connectivity index (χ2n) is 7.88. The summed E-state index contributed by atoms with van der Waals surface area (Å²) in [4.78, 5) is 25.0. The summed E-state index contributed by atoms with van der Waals surface area (Å²) in [6.07, 6.45) is 0. The number of halogens is 2. The van der Waals surface area contributed by atoms with Gasteiger partial charge in [-0.2, -0.15) is 0 Å². The maximum atomic E-state index is 13.9. The van der Waals surface area contributed by atoms with Crippen LogP contribution in [-0.2, 0) is 10.2 Å². The van der Waals surface area contributed by atoms with Crippen molar-refractivity contribution < 1.29 is 23.8 Å². The second kappa shape index (κ2) is 7.19. The number of aromatic nitrogens is 1. The molecule has 0 unspecified atom stereocenters. The fourth-order valence-corrected chi connectivity index (χ4v) is 3.63. The van der Waals surface area contributed by atoms with E-state index in [9.17, 15) is 19.1 Å². The molecule has 0 spiro atoms. The smallest absolute Gasteiger partial charge is 0.308 e. The van der Waals surface area contributed by atoms with Gasteiger partial charge in [0.25, 0.3) is 5.91 Å². The lowest BCUT2D eigenvalue weighted by atomic mass is 9.84. The van der Waals surface area contributed by atoms with E-state index in [-0.39, 0.29) is 22.1 Å². The van der Waals surface area contributed by atoms with Crippen molar-refractivity contribution in [2.45, 2.75) is 40.0 Å². The molecule has 7 heteroatoms. The fourth-order valence-electron chi connectivity index (χ4n) is 3.51. The molecular weight excluding hydrogens is 397 g/mol. The van der Waals surface area contributed by atoms with E-state index in [1.165, 1.54) is 29.7 Å². The standard InChI is InChI=1S/C22H21ClFNO4/c1-11-20(29-12(2)26)18-16(8-9-17(27)19(18)22(3,4)5)25(11)21(28)13-6-7-14(23)15(24)10-13/h6-10,27H,1-5H3. The molecule has 1 heterocycles. The van der Waals surface area contributed by atoms with E-state index >= 15 is 0 Å². The molecule has 3 rings (SSSR count). The Kier molecular flexibility index (Phi) is 5.17. The van der Waals surface area contributed by atoms with Gasteiger partial charge >= 0.3 is 5.97 Å². The van der Waals surface area contributed by atoms with Crippen molar-refractivity contribution in [3.8, 4) is 11.5 Å². The molecule has 29 heavy (non-hydrogen) atoms. The van der Waals surface area contributed by atoms with Crippen LogP contribution in [0.3, 0.4) is 0 Å². The Morgan fingerprint density at radius 3 is 2.38 bits per heavy atom. The Hall–Kier alpha value is -2.86. The number of aromatic hydroxyl groups is 1. The molecule has 0 saturated heterocycles. The summed E-state index contributed by atoms with van der Waals surface area (Å²) in [5, 5.41) is 10.9. The number of carbonyl (C=O) groups is 2. The van der Waals surface area contributed by atoms with Crippen LogP contribution in [0.1, 0.15) is 49.3 Å². The van der Waals surface area contributed by atoms with Gasteiger partial charge in [0.2, 0.25) is 0 Å². The summed E-state index contributed by atoms with van der Waals surface area (Å²) in [6, 6.07) is 6.86. The van der Waals surface area contributed by atoms with Crippen molar-refractivity contribution >= 4 is 34.4 Å². The number of benzene rings is 2.